The van der Waals surface area contributed by atoms with Crippen molar-refractivity contribution in [3.63, 3.8) is 0 Å². The standard InChI is InChI=1S/C9H12F2N2O2S/c1-2-13-5-6-3-7(10)9(11)8(4-6)16(12,14)15/h3-4,13H,2,5H2,1H3,(H2,12,14,15). The highest BCUT2D eigenvalue weighted by Crippen LogP contribution is 2.18. The summed E-state index contributed by atoms with van der Waals surface area (Å²) in [6, 6.07) is 1.96. The predicted molar refractivity (Wildman–Crippen MR) is 55.1 cm³/mol. The number of primary sulfonamides is 1. The van der Waals surface area contributed by atoms with Crippen LogP contribution < -0.4 is 10.5 Å². The largest absolute Gasteiger partial charge is 0.313 e. The summed E-state index contributed by atoms with van der Waals surface area (Å²) in [6.07, 6.45) is 0. The van der Waals surface area contributed by atoms with Gasteiger partial charge in [-0.15, -0.1) is 0 Å². The van der Waals surface area contributed by atoms with E-state index in [1.54, 1.807) is 0 Å². The van der Waals surface area contributed by atoms with Gasteiger partial charge >= 0.3 is 0 Å². The van der Waals surface area contributed by atoms with E-state index in [1.165, 1.54) is 0 Å². The molecule has 16 heavy (non-hydrogen) atoms. The minimum atomic E-state index is -4.25. The van der Waals surface area contributed by atoms with Crippen molar-refractivity contribution in [3.8, 4) is 0 Å². The topological polar surface area (TPSA) is 72.2 Å². The smallest absolute Gasteiger partial charge is 0.241 e. The Morgan fingerprint density at radius 2 is 2.00 bits per heavy atom. The van der Waals surface area contributed by atoms with Crippen molar-refractivity contribution < 1.29 is 17.2 Å². The van der Waals surface area contributed by atoms with E-state index in [9.17, 15) is 17.2 Å². The minimum Gasteiger partial charge on any atom is -0.313 e. The van der Waals surface area contributed by atoms with Crippen LogP contribution in [0.3, 0.4) is 0 Å². The van der Waals surface area contributed by atoms with E-state index >= 15 is 0 Å². The molecular formula is C9H12F2N2O2S. The molecule has 3 N–H and O–H groups in total. The zero-order chi connectivity index (χ0) is 12.3. The average molecular weight is 250 g/mol. The third kappa shape index (κ3) is 2.97. The molecule has 0 heterocycles. The van der Waals surface area contributed by atoms with Crippen molar-refractivity contribution in [2.45, 2.75) is 18.4 Å². The number of nitrogens with two attached hydrogens (primary N) is 1. The van der Waals surface area contributed by atoms with E-state index in [4.69, 9.17) is 5.14 Å². The van der Waals surface area contributed by atoms with Crippen LogP contribution in [-0.2, 0) is 16.6 Å². The average Bonchev–Trinajstić information content (AvgIpc) is 2.17. The van der Waals surface area contributed by atoms with Gasteiger partial charge in [-0.3, -0.25) is 0 Å². The number of sulfonamides is 1. The lowest BCUT2D eigenvalue weighted by Crippen LogP contribution is -2.17. The Morgan fingerprint density at radius 1 is 1.38 bits per heavy atom. The molecule has 0 radical (unpaired) electrons. The van der Waals surface area contributed by atoms with Crippen LogP contribution in [0, 0.1) is 11.6 Å². The molecule has 7 heteroatoms. The van der Waals surface area contributed by atoms with Crippen molar-refractivity contribution in [3.05, 3.63) is 29.3 Å². The fourth-order valence-corrected chi connectivity index (χ4v) is 1.86. The van der Waals surface area contributed by atoms with Gasteiger partial charge in [-0.2, -0.15) is 0 Å². The molecule has 0 saturated heterocycles. The second-order valence-electron chi connectivity index (χ2n) is 3.22. The molecule has 0 fully saturated rings. The first-order chi connectivity index (χ1) is 7.36. The fourth-order valence-electron chi connectivity index (χ4n) is 1.20. The number of halogens is 2. The van der Waals surface area contributed by atoms with E-state index in [1.807, 2.05) is 6.92 Å². The van der Waals surface area contributed by atoms with Gasteiger partial charge in [0.05, 0.1) is 0 Å². The van der Waals surface area contributed by atoms with E-state index in [0.717, 1.165) is 12.1 Å². The van der Waals surface area contributed by atoms with Gasteiger partial charge in [-0.25, -0.2) is 22.3 Å². The fraction of sp³-hybridized carbons (Fsp3) is 0.333. The molecule has 0 aromatic heterocycles. The van der Waals surface area contributed by atoms with Gasteiger partial charge in [0, 0.05) is 6.54 Å². The molecule has 0 atom stereocenters. The molecule has 0 aliphatic heterocycles. The zero-order valence-electron chi connectivity index (χ0n) is 8.63. The Hall–Kier alpha value is -1.05. The van der Waals surface area contributed by atoms with Gasteiger partial charge in [0.2, 0.25) is 10.0 Å². The molecule has 0 amide bonds. The van der Waals surface area contributed by atoms with Gasteiger partial charge in [0.1, 0.15) is 4.90 Å². The number of hydrogen-bond acceptors (Lipinski definition) is 3. The summed E-state index contributed by atoms with van der Waals surface area (Å²) in [7, 11) is -4.25. The third-order valence-corrected chi connectivity index (χ3v) is 2.85. The van der Waals surface area contributed by atoms with Crippen LogP contribution in [0.25, 0.3) is 0 Å². The van der Waals surface area contributed by atoms with Crippen LogP contribution in [-0.4, -0.2) is 15.0 Å². The summed E-state index contributed by atoms with van der Waals surface area (Å²) in [5.41, 5.74) is 0.324. The number of nitrogens with one attached hydrogen (secondary N) is 1. The number of hydrogen-bond donors (Lipinski definition) is 2. The molecular weight excluding hydrogens is 238 g/mol. The first kappa shape index (κ1) is 13.0. The van der Waals surface area contributed by atoms with Gasteiger partial charge in [0.15, 0.2) is 11.6 Å². The second-order valence-corrected chi connectivity index (χ2v) is 4.74. The van der Waals surface area contributed by atoms with Gasteiger partial charge < -0.3 is 5.32 Å². The van der Waals surface area contributed by atoms with Crippen molar-refractivity contribution in [1.82, 2.24) is 5.32 Å². The molecule has 4 nitrogen and oxygen atoms in total. The molecule has 0 spiro atoms. The molecule has 1 aromatic carbocycles. The highest BCUT2D eigenvalue weighted by Gasteiger charge is 2.19. The van der Waals surface area contributed by atoms with Gasteiger partial charge in [0.25, 0.3) is 0 Å². The lowest BCUT2D eigenvalue weighted by atomic mass is 10.2. The quantitative estimate of drug-likeness (QED) is 0.827. The lowest BCUT2D eigenvalue weighted by Gasteiger charge is -2.06. The van der Waals surface area contributed by atoms with Crippen molar-refractivity contribution >= 4 is 10.0 Å². The molecule has 0 aliphatic carbocycles. The van der Waals surface area contributed by atoms with Crippen LogP contribution in [0.2, 0.25) is 0 Å². The summed E-state index contributed by atoms with van der Waals surface area (Å²) < 4.78 is 48.2. The Morgan fingerprint density at radius 3 is 2.50 bits per heavy atom. The Balaban J connectivity index is 3.23. The monoisotopic (exact) mass is 250 g/mol. The highest BCUT2D eigenvalue weighted by molar-refractivity contribution is 7.89. The summed E-state index contributed by atoms with van der Waals surface area (Å²) in [5, 5.41) is 7.63. The van der Waals surface area contributed by atoms with E-state index in [0.29, 0.717) is 12.1 Å². The molecule has 1 aromatic rings. The van der Waals surface area contributed by atoms with E-state index < -0.39 is 26.6 Å². The molecule has 1 rings (SSSR count). The summed E-state index contributed by atoms with van der Waals surface area (Å²) >= 11 is 0. The van der Waals surface area contributed by atoms with Crippen LogP contribution in [0.1, 0.15) is 12.5 Å². The van der Waals surface area contributed by atoms with Gasteiger partial charge in [-0.1, -0.05) is 6.92 Å². The van der Waals surface area contributed by atoms with Crippen LogP contribution in [0.15, 0.2) is 17.0 Å². The Bertz CT molecular complexity index is 489. The molecule has 0 bridgehead atoms. The molecule has 0 unspecified atom stereocenters. The normalized spacial score (nSPS) is 11.8. The summed E-state index contributed by atoms with van der Waals surface area (Å²) in [4.78, 5) is -0.819. The maximum atomic E-state index is 13.1. The number of benzene rings is 1. The molecule has 90 valence electrons. The first-order valence-corrected chi connectivity index (χ1v) is 6.12. The SMILES string of the molecule is CCNCc1cc(F)c(F)c(S(N)(=O)=O)c1. The van der Waals surface area contributed by atoms with Crippen molar-refractivity contribution in [2.24, 2.45) is 5.14 Å². The van der Waals surface area contributed by atoms with Crippen LogP contribution in [0.5, 0.6) is 0 Å². The van der Waals surface area contributed by atoms with Crippen LogP contribution in [0.4, 0.5) is 8.78 Å². The zero-order valence-corrected chi connectivity index (χ0v) is 9.44. The minimum absolute atomic E-state index is 0.246. The molecule has 0 saturated carbocycles. The second kappa shape index (κ2) is 4.86. The Kier molecular flexibility index (Phi) is 3.95. The Labute approximate surface area is 92.5 Å². The highest BCUT2D eigenvalue weighted by atomic mass is 32.2. The van der Waals surface area contributed by atoms with Gasteiger partial charge in [-0.05, 0) is 24.2 Å². The summed E-state index contributed by atoms with van der Waals surface area (Å²) in [6.45, 7) is 2.71. The van der Waals surface area contributed by atoms with E-state index in [2.05, 4.69) is 5.32 Å². The first-order valence-electron chi connectivity index (χ1n) is 4.57. The maximum Gasteiger partial charge on any atom is 0.241 e. The van der Waals surface area contributed by atoms with Crippen LogP contribution >= 0.6 is 0 Å². The van der Waals surface area contributed by atoms with Crippen molar-refractivity contribution in [2.75, 3.05) is 6.54 Å². The predicted octanol–water partition coefficient (Wildman–Crippen LogP) is 0.722. The van der Waals surface area contributed by atoms with Crippen molar-refractivity contribution in [1.29, 1.82) is 0 Å². The third-order valence-electron chi connectivity index (χ3n) is 1.94. The maximum absolute atomic E-state index is 13.1. The molecule has 0 aliphatic rings. The summed E-state index contributed by atoms with van der Waals surface area (Å²) in [5.74, 6) is -2.66. The lowest BCUT2D eigenvalue weighted by molar-refractivity contribution is 0.482. The van der Waals surface area contributed by atoms with E-state index in [-0.39, 0.29) is 6.54 Å². The number of rotatable bonds is 4.